The summed E-state index contributed by atoms with van der Waals surface area (Å²) in [6.07, 6.45) is 0. The summed E-state index contributed by atoms with van der Waals surface area (Å²) in [6.45, 7) is 1.66. The Morgan fingerprint density at radius 2 is 2.07 bits per heavy atom. The fourth-order valence-electron chi connectivity index (χ4n) is 2.06. The van der Waals surface area contributed by atoms with Crippen LogP contribution in [0.4, 0.5) is 4.79 Å². The fraction of sp³-hybridized carbons (Fsp3) is 0.364. The molecule has 0 aliphatic carbocycles. The summed E-state index contributed by atoms with van der Waals surface area (Å²) in [5.74, 6) is 0.318. The topological polar surface area (TPSA) is 67.2 Å². The predicted molar refractivity (Wildman–Crippen MR) is 58.6 cm³/mol. The molecule has 1 heterocycles. The summed E-state index contributed by atoms with van der Waals surface area (Å²) < 4.78 is 0. The second kappa shape index (κ2) is 4.31. The SMILES string of the molecule is NC(=O)N[C@@H]1CNC[C@@H]1c1ccccc1. The molecule has 0 spiro atoms. The Labute approximate surface area is 88.9 Å². The van der Waals surface area contributed by atoms with Crippen LogP contribution >= 0.6 is 0 Å². The highest BCUT2D eigenvalue weighted by molar-refractivity contribution is 5.72. The average molecular weight is 205 g/mol. The zero-order valence-electron chi connectivity index (χ0n) is 8.44. The highest BCUT2D eigenvalue weighted by Gasteiger charge is 2.28. The van der Waals surface area contributed by atoms with E-state index in [0.29, 0.717) is 5.92 Å². The Balaban J connectivity index is 2.11. The molecule has 4 heteroatoms. The predicted octanol–water partition coefficient (Wildman–Crippen LogP) is 0.410. The van der Waals surface area contributed by atoms with Gasteiger partial charge in [0.2, 0.25) is 0 Å². The molecule has 2 rings (SSSR count). The van der Waals surface area contributed by atoms with Crippen molar-refractivity contribution in [1.29, 1.82) is 0 Å². The zero-order valence-corrected chi connectivity index (χ0v) is 8.44. The Morgan fingerprint density at radius 3 is 2.73 bits per heavy atom. The minimum absolute atomic E-state index is 0.102. The van der Waals surface area contributed by atoms with Crippen molar-refractivity contribution in [3.8, 4) is 0 Å². The second-order valence-corrected chi connectivity index (χ2v) is 3.79. The summed E-state index contributed by atoms with van der Waals surface area (Å²) in [4.78, 5) is 10.8. The lowest BCUT2D eigenvalue weighted by atomic mass is 9.94. The lowest BCUT2D eigenvalue weighted by Crippen LogP contribution is -2.42. The van der Waals surface area contributed by atoms with Crippen LogP contribution in [0.1, 0.15) is 11.5 Å². The number of benzene rings is 1. The van der Waals surface area contributed by atoms with E-state index in [1.807, 2.05) is 18.2 Å². The monoisotopic (exact) mass is 205 g/mol. The lowest BCUT2D eigenvalue weighted by molar-refractivity contribution is 0.245. The molecule has 4 N–H and O–H groups in total. The van der Waals surface area contributed by atoms with Crippen molar-refractivity contribution in [3.63, 3.8) is 0 Å². The summed E-state index contributed by atoms with van der Waals surface area (Å²) in [5.41, 5.74) is 6.37. The second-order valence-electron chi connectivity index (χ2n) is 3.79. The van der Waals surface area contributed by atoms with E-state index < -0.39 is 6.03 Å². The van der Waals surface area contributed by atoms with E-state index in [1.165, 1.54) is 5.56 Å². The molecule has 0 aromatic heterocycles. The third-order valence-electron chi connectivity index (χ3n) is 2.77. The molecular weight excluding hydrogens is 190 g/mol. The largest absolute Gasteiger partial charge is 0.352 e. The molecule has 0 saturated carbocycles. The van der Waals surface area contributed by atoms with E-state index in [1.54, 1.807) is 0 Å². The van der Waals surface area contributed by atoms with Gasteiger partial charge >= 0.3 is 6.03 Å². The van der Waals surface area contributed by atoms with Crippen molar-refractivity contribution in [2.75, 3.05) is 13.1 Å². The molecule has 1 aromatic carbocycles. The maximum atomic E-state index is 10.8. The molecule has 0 radical (unpaired) electrons. The van der Waals surface area contributed by atoms with Crippen molar-refractivity contribution < 1.29 is 4.79 Å². The van der Waals surface area contributed by atoms with Crippen LogP contribution in [0.15, 0.2) is 30.3 Å². The van der Waals surface area contributed by atoms with E-state index in [-0.39, 0.29) is 6.04 Å². The molecule has 0 unspecified atom stereocenters. The summed E-state index contributed by atoms with van der Waals surface area (Å²) in [7, 11) is 0. The van der Waals surface area contributed by atoms with Crippen molar-refractivity contribution >= 4 is 6.03 Å². The zero-order chi connectivity index (χ0) is 10.7. The van der Waals surface area contributed by atoms with E-state index >= 15 is 0 Å². The van der Waals surface area contributed by atoms with Gasteiger partial charge in [-0.3, -0.25) is 0 Å². The van der Waals surface area contributed by atoms with Gasteiger partial charge in [-0.15, -0.1) is 0 Å². The molecule has 2 atom stereocenters. The number of primary amides is 1. The normalized spacial score (nSPS) is 25.1. The van der Waals surface area contributed by atoms with Gasteiger partial charge in [-0.1, -0.05) is 30.3 Å². The smallest absolute Gasteiger partial charge is 0.312 e. The van der Waals surface area contributed by atoms with Gasteiger partial charge in [-0.2, -0.15) is 0 Å². The minimum Gasteiger partial charge on any atom is -0.352 e. The van der Waals surface area contributed by atoms with Gasteiger partial charge in [-0.25, -0.2) is 4.79 Å². The number of amides is 2. The number of nitrogens with one attached hydrogen (secondary N) is 2. The summed E-state index contributed by atoms with van der Waals surface area (Å²) in [5, 5.41) is 6.02. The summed E-state index contributed by atoms with van der Waals surface area (Å²) in [6, 6.07) is 9.81. The molecule has 1 aromatic rings. The van der Waals surface area contributed by atoms with Gasteiger partial charge in [0.1, 0.15) is 0 Å². The van der Waals surface area contributed by atoms with Gasteiger partial charge in [0.05, 0.1) is 6.04 Å². The fourth-order valence-corrected chi connectivity index (χ4v) is 2.06. The van der Waals surface area contributed by atoms with Gasteiger partial charge in [0.25, 0.3) is 0 Å². The van der Waals surface area contributed by atoms with Crippen molar-refractivity contribution in [1.82, 2.24) is 10.6 Å². The van der Waals surface area contributed by atoms with Crippen LogP contribution in [0.25, 0.3) is 0 Å². The highest BCUT2D eigenvalue weighted by Crippen LogP contribution is 2.22. The van der Waals surface area contributed by atoms with E-state index in [9.17, 15) is 4.79 Å². The standard InChI is InChI=1S/C11H15N3O/c12-11(15)14-10-7-13-6-9(10)8-4-2-1-3-5-8/h1-5,9-10,13H,6-7H2,(H3,12,14,15)/t9-,10-/m1/s1. The average Bonchev–Trinajstić information content (AvgIpc) is 2.66. The number of urea groups is 1. The van der Waals surface area contributed by atoms with Crippen molar-refractivity contribution in [3.05, 3.63) is 35.9 Å². The van der Waals surface area contributed by atoms with Gasteiger partial charge in [0.15, 0.2) is 0 Å². The van der Waals surface area contributed by atoms with Crippen LogP contribution < -0.4 is 16.4 Å². The first-order chi connectivity index (χ1) is 7.27. The van der Waals surface area contributed by atoms with Crippen LogP contribution in [0.5, 0.6) is 0 Å². The molecule has 4 nitrogen and oxygen atoms in total. The maximum absolute atomic E-state index is 10.8. The van der Waals surface area contributed by atoms with Crippen LogP contribution in [-0.4, -0.2) is 25.2 Å². The lowest BCUT2D eigenvalue weighted by Gasteiger charge is -2.19. The minimum atomic E-state index is -0.454. The Morgan fingerprint density at radius 1 is 1.33 bits per heavy atom. The number of hydrogen-bond donors (Lipinski definition) is 3. The van der Waals surface area contributed by atoms with Gasteiger partial charge in [-0.05, 0) is 5.56 Å². The molecule has 0 bridgehead atoms. The Kier molecular flexibility index (Phi) is 2.87. The summed E-state index contributed by atoms with van der Waals surface area (Å²) >= 11 is 0. The van der Waals surface area contributed by atoms with Crippen LogP contribution in [0.3, 0.4) is 0 Å². The van der Waals surface area contributed by atoms with E-state index in [0.717, 1.165) is 13.1 Å². The molecule has 1 aliphatic rings. The number of hydrogen-bond acceptors (Lipinski definition) is 2. The van der Waals surface area contributed by atoms with Crippen LogP contribution in [0.2, 0.25) is 0 Å². The molecule has 15 heavy (non-hydrogen) atoms. The van der Waals surface area contributed by atoms with E-state index in [4.69, 9.17) is 5.73 Å². The first-order valence-corrected chi connectivity index (χ1v) is 5.09. The number of carbonyl (C=O) groups excluding carboxylic acids is 1. The number of rotatable bonds is 2. The third kappa shape index (κ3) is 2.27. The first-order valence-electron chi connectivity index (χ1n) is 5.09. The quantitative estimate of drug-likeness (QED) is 0.654. The van der Waals surface area contributed by atoms with Crippen molar-refractivity contribution in [2.24, 2.45) is 5.73 Å². The number of nitrogens with two attached hydrogens (primary N) is 1. The van der Waals surface area contributed by atoms with Gasteiger partial charge in [0, 0.05) is 19.0 Å². The van der Waals surface area contributed by atoms with E-state index in [2.05, 4.69) is 22.8 Å². The highest BCUT2D eigenvalue weighted by atomic mass is 16.2. The van der Waals surface area contributed by atoms with Crippen LogP contribution in [-0.2, 0) is 0 Å². The Hall–Kier alpha value is -1.55. The molecular formula is C11H15N3O. The first kappa shape index (κ1) is 9.98. The van der Waals surface area contributed by atoms with Crippen LogP contribution in [0, 0.1) is 0 Å². The molecule has 2 amide bonds. The van der Waals surface area contributed by atoms with Gasteiger partial charge < -0.3 is 16.4 Å². The maximum Gasteiger partial charge on any atom is 0.312 e. The molecule has 1 saturated heterocycles. The molecule has 1 aliphatic heterocycles. The molecule has 80 valence electrons. The van der Waals surface area contributed by atoms with Crippen molar-refractivity contribution in [2.45, 2.75) is 12.0 Å². The third-order valence-corrected chi connectivity index (χ3v) is 2.77. The molecule has 1 fully saturated rings. The number of carbonyl (C=O) groups is 1. The Bertz CT molecular complexity index is 339.